The summed E-state index contributed by atoms with van der Waals surface area (Å²) < 4.78 is 1.83. The Morgan fingerprint density at radius 2 is 1.92 bits per heavy atom. The third kappa shape index (κ3) is 3.18. The molecule has 0 aliphatic heterocycles. The summed E-state index contributed by atoms with van der Waals surface area (Å²) in [6.45, 7) is 3.93. The van der Waals surface area contributed by atoms with E-state index in [0.29, 0.717) is 16.8 Å². The van der Waals surface area contributed by atoms with E-state index in [1.165, 1.54) is 0 Å². The number of rotatable bonds is 3. The number of hydrogen-bond donors (Lipinski definition) is 1. The fourth-order valence-corrected chi connectivity index (χ4v) is 2.54. The van der Waals surface area contributed by atoms with Gasteiger partial charge >= 0.3 is 0 Å². The predicted molar refractivity (Wildman–Crippen MR) is 92.1 cm³/mol. The first-order chi connectivity index (χ1) is 11.6. The van der Waals surface area contributed by atoms with Crippen LogP contribution >= 0.6 is 0 Å². The van der Waals surface area contributed by atoms with Crippen LogP contribution in [0.15, 0.2) is 54.6 Å². The number of carbonyl (C=O) groups is 1. The van der Waals surface area contributed by atoms with Gasteiger partial charge in [0, 0.05) is 16.9 Å². The number of anilines is 1. The lowest BCUT2D eigenvalue weighted by atomic mass is 10.1. The molecule has 0 atom stereocenters. The lowest BCUT2D eigenvalue weighted by Crippen LogP contribution is -2.12. The summed E-state index contributed by atoms with van der Waals surface area (Å²) in [6.07, 6.45) is 0. The second-order valence-corrected chi connectivity index (χ2v) is 5.54. The van der Waals surface area contributed by atoms with Gasteiger partial charge in [0.25, 0.3) is 5.91 Å². The topological polar surface area (TPSA) is 70.7 Å². The van der Waals surface area contributed by atoms with Crippen molar-refractivity contribution in [3.8, 4) is 11.8 Å². The number of benzene rings is 2. The lowest BCUT2D eigenvalue weighted by molar-refractivity contribution is 0.102. The summed E-state index contributed by atoms with van der Waals surface area (Å²) in [5.74, 6) is -0.252. The van der Waals surface area contributed by atoms with Gasteiger partial charge in [-0.05, 0) is 56.3 Å². The first kappa shape index (κ1) is 15.5. The number of amides is 1. The van der Waals surface area contributed by atoms with E-state index in [1.54, 1.807) is 24.3 Å². The summed E-state index contributed by atoms with van der Waals surface area (Å²) in [6, 6.07) is 18.1. The van der Waals surface area contributed by atoms with Gasteiger partial charge in [0.2, 0.25) is 0 Å². The zero-order valence-corrected chi connectivity index (χ0v) is 13.4. The maximum absolute atomic E-state index is 12.4. The molecular formula is C19H16N4O. The Labute approximate surface area is 140 Å². The molecule has 1 amide bonds. The first-order valence-corrected chi connectivity index (χ1v) is 7.52. The van der Waals surface area contributed by atoms with Gasteiger partial charge in [0.1, 0.15) is 0 Å². The molecule has 24 heavy (non-hydrogen) atoms. The molecule has 0 saturated heterocycles. The van der Waals surface area contributed by atoms with Crippen LogP contribution in [0.4, 0.5) is 5.69 Å². The largest absolute Gasteiger partial charge is 0.322 e. The van der Waals surface area contributed by atoms with Gasteiger partial charge in [-0.25, -0.2) is 4.68 Å². The molecule has 5 nitrogen and oxygen atoms in total. The monoisotopic (exact) mass is 316 g/mol. The maximum atomic E-state index is 12.4. The van der Waals surface area contributed by atoms with E-state index in [4.69, 9.17) is 5.26 Å². The van der Waals surface area contributed by atoms with Crippen LogP contribution in [0.5, 0.6) is 0 Å². The zero-order valence-electron chi connectivity index (χ0n) is 13.4. The van der Waals surface area contributed by atoms with Crippen LogP contribution < -0.4 is 5.32 Å². The fourth-order valence-electron chi connectivity index (χ4n) is 2.54. The standard InChI is InChI=1S/C19H16N4O/c1-13-9-14(2)23(22-13)18-8-4-7-17(11-18)21-19(24)16-6-3-5-15(10-16)12-20/h3-11H,1-2H3,(H,21,24). The van der Waals surface area contributed by atoms with E-state index in [2.05, 4.69) is 10.4 Å². The van der Waals surface area contributed by atoms with E-state index in [-0.39, 0.29) is 5.91 Å². The number of carbonyl (C=O) groups excluding carboxylic acids is 1. The highest BCUT2D eigenvalue weighted by molar-refractivity contribution is 6.04. The lowest BCUT2D eigenvalue weighted by Gasteiger charge is -2.09. The minimum atomic E-state index is -0.252. The molecule has 0 aliphatic carbocycles. The van der Waals surface area contributed by atoms with Gasteiger partial charge < -0.3 is 5.32 Å². The number of hydrogen-bond acceptors (Lipinski definition) is 3. The van der Waals surface area contributed by atoms with Gasteiger partial charge in [0.15, 0.2) is 0 Å². The SMILES string of the molecule is Cc1cc(C)n(-c2cccc(NC(=O)c3cccc(C#N)c3)c2)n1. The normalized spacial score (nSPS) is 10.2. The molecule has 0 spiro atoms. The van der Waals surface area contributed by atoms with E-state index >= 15 is 0 Å². The molecule has 118 valence electrons. The van der Waals surface area contributed by atoms with Gasteiger partial charge in [-0.15, -0.1) is 0 Å². The van der Waals surface area contributed by atoms with Crippen molar-refractivity contribution < 1.29 is 4.79 Å². The minimum absolute atomic E-state index is 0.252. The van der Waals surface area contributed by atoms with Crippen molar-refractivity contribution in [3.63, 3.8) is 0 Å². The molecule has 1 aromatic heterocycles. The van der Waals surface area contributed by atoms with Gasteiger partial charge in [-0.3, -0.25) is 4.79 Å². The third-order valence-corrected chi connectivity index (χ3v) is 3.61. The molecule has 0 bridgehead atoms. The molecule has 2 aromatic carbocycles. The molecule has 0 saturated carbocycles. The number of nitrogens with one attached hydrogen (secondary N) is 1. The van der Waals surface area contributed by atoms with Crippen LogP contribution in [0.1, 0.15) is 27.3 Å². The van der Waals surface area contributed by atoms with E-state index in [9.17, 15) is 4.79 Å². The molecule has 3 aromatic rings. The van der Waals surface area contributed by atoms with Crippen LogP contribution in [-0.4, -0.2) is 15.7 Å². The summed E-state index contributed by atoms with van der Waals surface area (Å²) in [4.78, 5) is 12.4. The molecule has 1 N–H and O–H groups in total. The van der Waals surface area contributed by atoms with E-state index < -0.39 is 0 Å². The number of aromatic nitrogens is 2. The molecule has 3 rings (SSSR count). The van der Waals surface area contributed by atoms with Gasteiger partial charge in [-0.2, -0.15) is 10.4 Å². The molecule has 0 fully saturated rings. The Morgan fingerprint density at radius 3 is 2.62 bits per heavy atom. The molecule has 5 heteroatoms. The zero-order chi connectivity index (χ0) is 17.1. The average Bonchev–Trinajstić information content (AvgIpc) is 2.93. The second-order valence-electron chi connectivity index (χ2n) is 5.54. The fraction of sp³-hybridized carbons (Fsp3) is 0.105. The predicted octanol–water partition coefficient (Wildman–Crippen LogP) is 3.61. The number of nitriles is 1. The van der Waals surface area contributed by atoms with Crippen LogP contribution in [0.2, 0.25) is 0 Å². The summed E-state index contributed by atoms with van der Waals surface area (Å²) in [5.41, 5.74) is 4.43. The first-order valence-electron chi connectivity index (χ1n) is 7.52. The van der Waals surface area contributed by atoms with Crippen LogP contribution in [-0.2, 0) is 0 Å². The smallest absolute Gasteiger partial charge is 0.255 e. The number of nitrogens with zero attached hydrogens (tertiary/aromatic N) is 3. The third-order valence-electron chi connectivity index (χ3n) is 3.61. The molecular weight excluding hydrogens is 300 g/mol. The van der Waals surface area contributed by atoms with Crippen molar-refractivity contribution >= 4 is 11.6 Å². The highest BCUT2D eigenvalue weighted by Crippen LogP contribution is 2.17. The summed E-state index contributed by atoms with van der Waals surface area (Å²) in [7, 11) is 0. The van der Waals surface area contributed by atoms with Gasteiger partial charge in [0.05, 0.1) is 23.0 Å². The van der Waals surface area contributed by atoms with Crippen LogP contribution in [0.25, 0.3) is 5.69 Å². The maximum Gasteiger partial charge on any atom is 0.255 e. The van der Waals surface area contributed by atoms with Gasteiger partial charge in [-0.1, -0.05) is 12.1 Å². The number of aryl methyl sites for hydroxylation is 2. The Kier molecular flexibility index (Phi) is 4.13. The van der Waals surface area contributed by atoms with Crippen molar-refractivity contribution in [3.05, 3.63) is 77.1 Å². The minimum Gasteiger partial charge on any atom is -0.322 e. The molecule has 0 radical (unpaired) electrons. The van der Waals surface area contributed by atoms with Crippen molar-refractivity contribution in [2.45, 2.75) is 13.8 Å². The van der Waals surface area contributed by atoms with E-state index in [1.807, 2.05) is 54.9 Å². The van der Waals surface area contributed by atoms with Crippen LogP contribution in [0, 0.1) is 25.2 Å². The van der Waals surface area contributed by atoms with Crippen molar-refractivity contribution in [2.75, 3.05) is 5.32 Å². The Hall–Kier alpha value is -3.39. The average molecular weight is 316 g/mol. The van der Waals surface area contributed by atoms with Crippen molar-refractivity contribution in [1.29, 1.82) is 5.26 Å². The molecule has 1 heterocycles. The van der Waals surface area contributed by atoms with Crippen molar-refractivity contribution in [2.24, 2.45) is 0 Å². The highest BCUT2D eigenvalue weighted by atomic mass is 16.1. The second kappa shape index (κ2) is 6.39. The van der Waals surface area contributed by atoms with Crippen molar-refractivity contribution in [1.82, 2.24) is 9.78 Å². The van der Waals surface area contributed by atoms with Crippen LogP contribution in [0.3, 0.4) is 0 Å². The highest BCUT2D eigenvalue weighted by Gasteiger charge is 2.09. The summed E-state index contributed by atoms with van der Waals surface area (Å²) >= 11 is 0. The van der Waals surface area contributed by atoms with E-state index in [0.717, 1.165) is 17.1 Å². The Morgan fingerprint density at radius 1 is 1.12 bits per heavy atom. The Bertz CT molecular complexity index is 950. The quantitative estimate of drug-likeness (QED) is 0.802. The molecule has 0 aliphatic rings. The Balaban J connectivity index is 1.86. The summed E-state index contributed by atoms with van der Waals surface area (Å²) in [5, 5.41) is 16.2. The molecule has 0 unspecified atom stereocenters.